The highest BCUT2D eigenvalue weighted by molar-refractivity contribution is 5.73. The van der Waals surface area contributed by atoms with Crippen molar-refractivity contribution in [3.05, 3.63) is 59.9 Å². The Morgan fingerprint density at radius 2 is 1.83 bits per heavy atom. The zero-order chi connectivity index (χ0) is 25.0. The standard InChI is InChI=1S/C32H46N3/c1-7-11-13-26(9-3)23-35-30(16-19-33-35)27-14-15-29-28(22-27)31-21-24(5)17-20-34(31)25(6)32(29,10-4)18-12-8-2/h14-17,19-22,25-26H,7-13,18,23H2,1-6H3/q+1. The minimum atomic E-state index is 0.171. The molecule has 0 spiro atoms. The molecule has 1 aliphatic rings. The highest BCUT2D eigenvalue weighted by atomic mass is 15.3. The summed E-state index contributed by atoms with van der Waals surface area (Å²) in [6.45, 7) is 15.0. The molecule has 3 unspecified atom stereocenters. The Morgan fingerprint density at radius 1 is 1.03 bits per heavy atom. The Balaban J connectivity index is 1.81. The lowest BCUT2D eigenvalue weighted by atomic mass is 9.65. The molecule has 35 heavy (non-hydrogen) atoms. The summed E-state index contributed by atoms with van der Waals surface area (Å²) in [7, 11) is 0. The van der Waals surface area contributed by atoms with E-state index in [-0.39, 0.29) is 5.41 Å². The van der Waals surface area contributed by atoms with Gasteiger partial charge in [0.1, 0.15) is 0 Å². The maximum absolute atomic E-state index is 4.77. The molecular weight excluding hydrogens is 426 g/mol. The molecule has 0 N–H and O–H groups in total. The van der Waals surface area contributed by atoms with Crippen molar-refractivity contribution in [2.75, 3.05) is 0 Å². The number of benzene rings is 1. The lowest BCUT2D eigenvalue weighted by Gasteiger charge is -2.40. The fraction of sp³-hybridized carbons (Fsp3) is 0.562. The van der Waals surface area contributed by atoms with Gasteiger partial charge in [-0.25, -0.2) is 0 Å². The second-order valence-electron chi connectivity index (χ2n) is 10.9. The van der Waals surface area contributed by atoms with Gasteiger partial charge >= 0.3 is 0 Å². The van der Waals surface area contributed by atoms with Gasteiger partial charge in [-0.15, -0.1) is 0 Å². The topological polar surface area (TPSA) is 21.7 Å². The van der Waals surface area contributed by atoms with Crippen LogP contribution < -0.4 is 4.57 Å². The van der Waals surface area contributed by atoms with E-state index in [1.807, 2.05) is 6.20 Å². The van der Waals surface area contributed by atoms with Gasteiger partial charge in [0.05, 0.1) is 16.7 Å². The number of nitrogens with zero attached hydrogens (tertiary/aromatic N) is 3. The third-order valence-corrected chi connectivity index (χ3v) is 8.78. The van der Waals surface area contributed by atoms with Crippen LogP contribution in [0.5, 0.6) is 0 Å². The summed E-state index contributed by atoms with van der Waals surface area (Å²) in [5.74, 6) is 0.688. The highest BCUT2D eigenvalue weighted by Crippen LogP contribution is 2.49. The largest absolute Gasteiger partial charge is 0.265 e. The first-order valence-corrected chi connectivity index (χ1v) is 14.2. The van der Waals surface area contributed by atoms with Gasteiger partial charge in [-0.1, -0.05) is 71.9 Å². The number of fused-ring (bicyclic) bond motifs is 3. The van der Waals surface area contributed by atoms with Crippen LogP contribution in [-0.2, 0) is 12.0 Å². The van der Waals surface area contributed by atoms with Gasteiger partial charge in [-0.05, 0) is 62.3 Å². The minimum Gasteiger partial charge on any atom is -0.265 e. The number of aromatic nitrogens is 3. The predicted molar refractivity (Wildman–Crippen MR) is 148 cm³/mol. The Hall–Kier alpha value is -2.42. The number of rotatable bonds is 11. The lowest BCUT2D eigenvalue weighted by molar-refractivity contribution is -0.721. The molecule has 0 amide bonds. The van der Waals surface area contributed by atoms with Crippen molar-refractivity contribution in [1.29, 1.82) is 0 Å². The molecule has 0 saturated carbocycles. The predicted octanol–water partition coefficient (Wildman–Crippen LogP) is 8.44. The number of pyridine rings is 1. The van der Waals surface area contributed by atoms with E-state index in [9.17, 15) is 0 Å². The molecule has 0 saturated heterocycles. The van der Waals surface area contributed by atoms with E-state index >= 15 is 0 Å². The molecule has 0 radical (unpaired) electrons. The summed E-state index contributed by atoms with van der Waals surface area (Å²) in [6, 6.07) is 14.6. The summed E-state index contributed by atoms with van der Waals surface area (Å²) in [5.41, 5.74) is 8.33. The van der Waals surface area contributed by atoms with E-state index in [2.05, 4.69) is 93.4 Å². The van der Waals surface area contributed by atoms with Gasteiger partial charge in [0.2, 0.25) is 5.69 Å². The first-order chi connectivity index (χ1) is 17.0. The fourth-order valence-corrected chi connectivity index (χ4v) is 6.40. The quantitative estimate of drug-likeness (QED) is 0.257. The van der Waals surface area contributed by atoms with Gasteiger partial charge < -0.3 is 0 Å². The molecule has 3 aromatic rings. The molecule has 1 aromatic carbocycles. The second-order valence-corrected chi connectivity index (χ2v) is 10.9. The van der Waals surface area contributed by atoms with Gasteiger partial charge in [-0.2, -0.15) is 9.67 Å². The van der Waals surface area contributed by atoms with Crippen LogP contribution in [0.1, 0.15) is 103 Å². The van der Waals surface area contributed by atoms with E-state index in [1.165, 1.54) is 78.6 Å². The van der Waals surface area contributed by atoms with Gasteiger partial charge in [0.15, 0.2) is 12.2 Å². The lowest BCUT2D eigenvalue weighted by Crippen LogP contribution is -2.54. The van der Waals surface area contributed by atoms with E-state index < -0.39 is 0 Å². The molecule has 2 aromatic heterocycles. The molecule has 3 atom stereocenters. The van der Waals surface area contributed by atoms with E-state index in [0.717, 1.165) is 13.0 Å². The van der Waals surface area contributed by atoms with E-state index in [1.54, 1.807) is 0 Å². The molecule has 0 aliphatic carbocycles. The summed E-state index contributed by atoms with van der Waals surface area (Å²) in [5, 5.41) is 4.77. The van der Waals surface area contributed by atoms with Crippen LogP contribution in [0.4, 0.5) is 0 Å². The van der Waals surface area contributed by atoms with Crippen molar-refractivity contribution in [2.45, 2.75) is 111 Å². The maximum Gasteiger partial charge on any atom is 0.213 e. The summed E-state index contributed by atoms with van der Waals surface area (Å²) >= 11 is 0. The summed E-state index contributed by atoms with van der Waals surface area (Å²) in [6.07, 6.45) is 14.3. The van der Waals surface area contributed by atoms with Gasteiger partial charge in [-0.3, -0.25) is 4.68 Å². The van der Waals surface area contributed by atoms with Crippen LogP contribution in [0.15, 0.2) is 48.8 Å². The molecule has 4 rings (SSSR count). The molecule has 3 nitrogen and oxygen atoms in total. The molecular formula is C32H46N3+. The first-order valence-electron chi connectivity index (χ1n) is 14.2. The maximum atomic E-state index is 4.77. The number of aryl methyl sites for hydroxylation is 1. The van der Waals surface area contributed by atoms with Crippen molar-refractivity contribution >= 4 is 0 Å². The monoisotopic (exact) mass is 472 g/mol. The molecule has 3 heteroatoms. The van der Waals surface area contributed by atoms with Crippen molar-refractivity contribution in [3.8, 4) is 22.5 Å². The van der Waals surface area contributed by atoms with Crippen LogP contribution in [0.2, 0.25) is 0 Å². The van der Waals surface area contributed by atoms with Gasteiger partial charge in [0, 0.05) is 30.4 Å². The Morgan fingerprint density at radius 3 is 2.54 bits per heavy atom. The zero-order valence-corrected chi connectivity index (χ0v) is 23.0. The third kappa shape index (κ3) is 4.84. The second kappa shape index (κ2) is 11.1. The minimum absolute atomic E-state index is 0.171. The summed E-state index contributed by atoms with van der Waals surface area (Å²) in [4.78, 5) is 0. The highest BCUT2D eigenvalue weighted by Gasteiger charge is 2.48. The first kappa shape index (κ1) is 25.7. The average molecular weight is 473 g/mol. The van der Waals surface area contributed by atoms with E-state index in [0.29, 0.717) is 12.0 Å². The van der Waals surface area contributed by atoms with E-state index in [4.69, 9.17) is 5.10 Å². The Kier molecular flexibility index (Phi) is 8.14. The third-order valence-electron chi connectivity index (χ3n) is 8.78. The van der Waals surface area contributed by atoms with Crippen molar-refractivity contribution < 1.29 is 4.57 Å². The van der Waals surface area contributed by atoms with Crippen LogP contribution in [-0.4, -0.2) is 9.78 Å². The van der Waals surface area contributed by atoms with Crippen LogP contribution in [0.3, 0.4) is 0 Å². The number of hydrogen-bond acceptors (Lipinski definition) is 1. The zero-order valence-electron chi connectivity index (χ0n) is 23.0. The smallest absolute Gasteiger partial charge is 0.213 e. The molecule has 1 aliphatic heterocycles. The van der Waals surface area contributed by atoms with Crippen LogP contribution in [0.25, 0.3) is 22.5 Å². The van der Waals surface area contributed by atoms with Gasteiger partial charge in [0.25, 0.3) is 0 Å². The SMILES string of the molecule is CCCCC(CC)Cn1nccc1-c1ccc2c(c1)-c1cc(C)cc[n+]1C(C)C2(CC)CCCC. The molecule has 0 fully saturated rings. The summed E-state index contributed by atoms with van der Waals surface area (Å²) < 4.78 is 4.80. The van der Waals surface area contributed by atoms with Crippen molar-refractivity contribution in [1.82, 2.24) is 9.78 Å². The van der Waals surface area contributed by atoms with Crippen molar-refractivity contribution in [2.24, 2.45) is 5.92 Å². The van der Waals surface area contributed by atoms with Crippen molar-refractivity contribution in [3.63, 3.8) is 0 Å². The molecule has 188 valence electrons. The Bertz CT molecular complexity index is 1130. The number of unbranched alkanes of at least 4 members (excludes halogenated alkanes) is 2. The molecule has 0 bridgehead atoms. The van der Waals surface area contributed by atoms with Crippen LogP contribution in [0, 0.1) is 12.8 Å². The normalized spacial score (nSPS) is 19.9. The molecule has 3 heterocycles. The van der Waals surface area contributed by atoms with Crippen LogP contribution >= 0.6 is 0 Å². The Labute approximate surface area is 213 Å². The number of hydrogen-bond donors (Lipinski definition) is 0. The fourth-order valence-electron chi connectivity index (χ4n) is 6.40. The average Bonchev–Trinajstić information content (AvgIpc) is 3.34.